The van der Waals surface area contributed by atoms with Gasteiger partial charge in [0, 0.05) is 0 Å². The van der Waals surface area contributed by atoms with Crippen molar-refractivity contribution >= 4 is 7.81 Å². The van der Waals surface area contributed by atoms with Crippen molar-refractivity contribution in [1.82, 2.24) is 0 Å². The van der Waals surface area contributed by atoms with E-state index in [4.69, 9.17) is 0 Å². The first-order valence-corrected chi connectivity index (χ1v) is 4.83. The van der Waals surface area contributed by atoms with E-state index in [1.807, 2.05) is 0 Å². The molecule has 0 aliphatic carbocycles. The van der Waals surface area contributed by atoms with Crippen LogP contribution in [0.25, 0.3) is 0 Å². The molecule has 0 radical (unpaired) electrons. The van der Waals surface area contributed by atoms with Crippen molar-refractivity contribution in [3.63, 3.8) is 0 Å². The van der Waals surface area contributed by atoms with E-state index >= 15 is 0 Å². The first-order valence-electron chi connectivity index (χ1n) is 2.80. The number of halogens is 7. The molecular weight excluding hydrogens is 226 g/mol. The Bertz CT molecular complexity index is 131. The molecule has 0 atom stereocenters. The summed E-state index contributed by atoms with van der Waals surface area (Å²) in [6, 6.07) is 0. The van der Waals surface area contributed by atoms with Crippen LogP contribution in [0.3, 0.4) is 0 Å². The number of nitrogens with zero attached hydrogens (tertiary/aromatic N) is 1. The Morgan fingerprint density at radius 3 is 0.692 bits per heavy atom. The van der Waals surface area contributed by atoms with Gasteiger partial charge in [0.05, 0.1) is 28.2 Å². The van der Waals surface area contributed by atoms with Crippen molar-refractivity contribution in [1.29, 1.82) is 0 Å². The Kier molecular flexibility index (Phi) is 4.64. The van der Waals surface area contributed by atoms with Gasteiger partial charge >= 0.3 is 33.0 Å². The van der Waals surface area contributed by atoms with Crippen LogP contribution in [-0.2, 0) is 0 Å². The van der Waals surface area contributed by atoms with Crippen LogP contribution >= 0.6 is 7.81 Å². The van der Waals surface area contributed by atoms with Crippen LogP contribution in [0.5, 0.6) is 0 Å². The molecule has 0 aliphatic heterocycles. The first kappa shape index (κ1) is 18.6. The number of quaternary nitrogens is 1. The molecular formula is C4H13F7NP. The zero-order valence-corrected chi connectivity index (χ0v) is 8.46. The summed E-state index contributed by atoms with van der Waals surface area (Å²) >= 11 is 0. The van der Waals surface area contributed by atoms with Crippen LogP contribution in [0.15, 0.2) is 0 Å². The minimum atomic E-state index is -10.7. The molecule has 0 N–H and O–H groups in total. The zero-order chi connectivity index (χ0) is 10.9. The molecule has 13 heavy (non-hydrogen) atoms. The second-order valence-electron chi connectivity index (χ2n) is 3.64. The fraction of sp³-hybridized carbons (Fsp3) is 1.00. The standard InChI is InChI=1S/C4H12N.F6P.FH/c1-5(2,3)4;1-7(2,3,4,5)6;/h1-4H3;;1H/q+1;-1;. The normalized spacial score (nSPS) is 17.1. The third-order valence-electron chi connectivity index (χ3n) is 0. The summed E-state index contributed by atoms with van der Waals surface area (Å²) in [5.41, 5.74) is 0. The topological polar surface area (TPSA) is 0 Å². The molecule has 0 bridgehead atoms. The van der Waals surface area contributed by atoms with E-state index < -0.39 is 7.81 Å². The minimum absolute atomic E-state index is 0. The molecule has 88 valence electrons. The average molecular weight is 239 g/mol. The molecule has 0 aromatic rings. The fourth-order valence-electron chi connectivity index (χ4n) is 0. The third kappa shape index (κ3) is 117000. The summed E-state index contributed by atoms with van der Waals surface area (Å²) in [6.07, 6.45) is 0. The second kappa shape index (κ2) is 3.24. The number of rotatable bonds is 0. The maximum atomic E-state index is 9.87. The van der Waals surface area contributed by atoms with Gasteiger partial charge in [-0.15, -0.1) is 0 Å². The Labute approximate surface area is 71.5 Å². The molecule has 0 saturated carbocycles. The molecule has 1 nitrogen and oxygen atoms in total. The number of hydrogen-bond donors (Lipinski definition) is 0. The van der Waals surface area contributed by atoms with E-state index in [0.717, 1.165) is 4.48 Å². The van der Waals surface area contributed by atoms with Gasteiger partial charge < -0.3 is 4.48 Å². The van der Waals surface area contributed by atoms with E-state index in [1.54, 1.807) is 0 Å². The van der Waals surface area contributed by atoms with Crippen LogP contribution in [0.1, 0.15) is 0 Å². The van der Waals surface area contributed by atoms with E-state index in [2.05, 4.69) is 28.2 Å². The fourth-order valence-corrected chi connectivity index (χ4v) is 0. The molecule has 0 spiro atoms. The van der Waals surface area contributed by atoms with Gasteiger partial charge in [0.2, 0.25) is 0 Å². The molecule has 9 heteroatoms. The van der Waals surface area contributed by atoms with Crippen LogP contribution in [0, 0.1) is 0 Å². The molecule has 0 amide bonds. The predicted molar refractivity (Wildman–Crippen MR) is 40.0 cm³/mol. The Morgan fingerprint density at radius 1 is 0.692 bits per heavy atom. The second-order valence-corrected chi connectivity index (χ2v) is 5.56. The van der Waals surface area contributed by atoms with E-state index in [-0.39, 0.29) is 4.70 Å². The van der Waals surface area contributed by atoms with Crippen molar-refractivity contribution < 1.29 is 34.4 Å². The van der Waals surface area contributed by atoms with Crippen LogP contribution in [0.4, 0.5) is 29.9 Å². The van der Waals surface area contributed by atoms with Crippen LogP contribution in [0.2, 0.25) is 0 Å². The Hall–Kier alpha value is -0.100. The van der Waals surface area contributed by atoms with Gasteiger partial charge in [-0.2, -0.15) is 0 Å². The molecule has 0 aliphatic rings. The first-order chi connectivity index (χ1) is 4.45. The summed E-state index contributed by atoms with van der Waals surface area (Å²) in [6.45, 7) is 0. The van der Waals surface area contributed by atoms with Crippen molar-refractivity contribution in [2.45, 2.75) is 0 Å². The molecule has 0 fully saturated rings. The van der Waals surface area contributed by atoms with Gasteiger partial charge in [-0.1, -0.05) is 0 Å². The van der Waals surface area contributed by atoms with Crippen LogP contribution < -0.4 is 0 Å². The average Bonchev–Trinajstić information content (AvgIpc) is 1.04. The SMILES string of the molecule is C[N+](C)(C)C.F.F[P-](F)(F)(F)(F)F. The number of hydrogen-bond acceptors (Lipinski definition) is 0. The molecule has 0 aromatic carbocycles. The third-order valence-corrected chi connectivity index (χ3v) is 0. The van der Waals surface area contributed by atoms with Crippen LogP contribution in [-0.4, -0.2) is 32.7 Å². The predicted octanol–water partition coefficient (Wildman–Crippen LogP) is 3.86. The van der Waals surface area contributed by atoms with Gasteiger partial charge in [-0.3, -0.25) is 4.70 Å². The van der Waals surface area contributed by atoms with E-state index in [0.29, 0.717) is 0 Å². The molecule has 0 aromatic heterocycles. The molecule has 0 unspecified atom stereocenters. The summed E-state index contributed by atoms with van der Waals surface area (Å²) < 4.78 is 60.2. The summed E-state index contributed by atoms with van der Waals surface area (Å²) in [5.74, 6) is 0. The summed E-state index contributed by atoms with van der Waals surface area (Å²) in [7, 11) is -2.16. The van der Waals surface area contributed by atoms with Crippen molar-refractivity contribution in [3.8, 4) is 0 Å². The van der Waals surface area contributed by atoms with Gasteiger partial charge in [0.25, 0.3) is 0 Å². The molecule has 0 rings (SSSR count). The Morgan fingerprint density at radius 2 is 0.692 bits per heavy atom. The summed E-state index contributed by atoms with van der Waals surface area (Å²) in [4.78, 5) is 0. The van der Waals surface area contributed by atoms with Gasteiger partial charge in [-0.05, 0) is 0 Å². The van der Waals surface area contributed by atoms with E-state index in [1.165, 1.54) is 0 Å². The van der Waals surface area contributed by atoms with Crippen molar-refractivity contribution in [2.75, 3.05) is 28.2 Å². The van der Waals surface area contributed by atoms with Gasteiger partial charge in [0.1, 0.15) is 0 Å². The van der Waals surface area contributed by atoms with Gasteiger partial charge in [0.15, 0.2) is 0 Å². The molecule has 0 heterocycles. The zero-order valence-electron chi connectivity index (χ0n) is 7.57. The van der Waals surface area contributed by atoms with Gasteiger partial charge in [-0.25, -0.2) is 0 Å². The van der Waals surface area contributed by atoms with Crippen molar-refractivity contribution in [3.05, 3.63) is 0 Å². The summed E-state index contributed by atoms with van der Waals surface area (Å²) in [5, 5.41) is 0. The monoisotopic (exact) mass is 239 g/mol. The van der Waals surface area contributed by atoms with E-state index in [9.17, 15) is 25.2 Å². The van der Waals surface area contributed by atoms with Crippen molar-refractivity contribution in [2.24, 2.45) is 0 Å². The Balaban J connectivity index is -0.000000150. The molecule has 0 saturated heterocycles. The maximum absolute atomic E-state index is 10.7. The quantitative estimate of drug-likeness (QED) is 0.342.